The summed E-state index contributed by atoms with van der Waals surface area (Å²) in [7, 11) is 0. The van der Waals surface area contributed by atoms with Crippen molar-refractivity contribution < 1.29 is 14.5 Å². The monoisotopic (exact) mass is 594 g/mol. The largest absolute Gasteiger partial charge is 0.335 e. The fraction of sp³-hybridized carbons (Fsp3) is 0.771. The standard InChI is InChI=1S/C35H54N4O4/c40-34(38(31-17-9-3-10-18-31)32-19-11-4-12-20-32)27-36(35(41)28-21-23-33(24-22-28)39(42)43)25-26-37(29-13-5-1-6-14-29)30-15-7-2-8-16-30/h21-24,29-32H,1-20,25-27H2. The summed E-state index contributed by atoms with van der Waals surface area (Å²) in [4.78, 5) is 45.9. The average Bonchev–Trinajstić information content (AvgIpc) is 3.06. The maximum absolute atomic E-state index is 14.3. The fourth-order valence-corrected chi connectivity index (χ4v) is 8.55. The normalized spacial score (nSPS) is 21.5. The molecule has 0 heterocycles. The zero-order valence-electron chi connectivity index (χ0n) is 26.3. The summed E-state index contributed by atoms with van der Waals surface area (Å²) >= 11 is 0. The molecule has 8 heteroatoms. The van der Waals surface area contributed by atoms with E-state index in [0.29, 0.717) is 24.2 Å². The molecule has 4 fully saturated rings. The molecule has 5 rings (SSSR count). The quantitative estimate of drug-likeness (QED) is 0.196. The van der Waals surface area contributed by atoms with Crippen LogP contribution in [0.4, 0.5) is 5.69 Å². The molecule has 1 aromatic rings. The van der Waals surface area contributed by atoms with Gasteiger partial charge in [-0.15, -0.1) is 0 Å². The average molecular weight is 595 g/mol. The maximum Gasteiger partial charge on any atom is 0.269 e. The van der Waals surface area contributed by atoms with Gasteiger partial charge in [-0.2, -0.15) is 0 Å². The van der Waals surface area contributed by atoms with Gasteiger partial charge < -0.3 is 9.80 Å². The predicted molar refractivity (Wildman–Crippen MR) is 170 cm³/mol. The molecule has 0 saturated heterocycles. The first kappa shape index (κ1) is 31.9. The minimum Gasteiger partial charge on any atom is -0.335 e. The highest BCUT2D eigenvalue weighted by molar-refractivity contribution is 5.96. The minimum atomic E-state index is -0.437. The number of rotatable bonds is 11. The molecule has 0 N–H and O–H groups in total. The van der Waals surface area contributed by atoms with Crippen molar-refractivity contribution in [1.29, 1.82) is 0 Å². The number of non-ortho nitro benzene ring substituents is 1. The van der Waals surface area contributed by atoms with Crippen molar-refractivity contribution in [3.05, 3.63) is 39.9 Å². The van der Waals surface area contributed by atoms with Gasteiger partial charge in [0.05, 0.1) is 4.92 Å². The topological polar surface area (TPSA) is 87.0 Å². The summed E-state index contributed by atoms with van der Waals surface area (Å²) in [6.45, 7) is 1.39. The van der Waals surface area contributed by atoms with Crippen molar-refractivity contribution in [1.82, 2.24) is 14.7 Å². The molecule has 0 aromatic heterocycles. The van der Waals surface area contributed by atoms with Gasteiger partial charge in [-0.05, 0) is 63.5 Å². The molecule has 0 atom stereocenters. The highest BCUT2D eigenvalue weighted by Gasteiger charge is 2.35. The second kappa shape index (κ2) is 16.0. The Labute approximate surface area is 258 Å². The van der Waals surface area contributed by atoms with Crippen LogP contribution in [0.25, 0.3) is 0 Å². The van der Waals surface area contributed by atoms with E-state index in [0.717, 1.165) is 32.2 Å². The number of nitro benzene ring substituents is 1. The van der Waals surface area contributed by atoms with Gasteiger partial charge in [-0.3, -0.25) is 24.6 Å². The Kier molecular flexibility index (Phi) is 11.9. The van der Waals surface area contributed by atoms with Crippen molar-refractivity contribution in [2.24, 2.45) is 0 Å². The number of hydrogen-bond donors (Lipinski definition) is 0. The summed E-state index contributed by atoms with van der Waals surface area (Å²) in [5.41, 5.74) is 0.392. The van der Waals surface area contributed by atoms with Crippen LogP contribution in [-0.4, -0.2) is 75.2 Å². The van der Waals surface area contributed by atoms with Gasteiger partial charge in [0.25, 0.3) is 11.6 Å². The first-order valence-electron chi connectivity index (χ1n) is 17.6. The van der Waals surface area contributed by atoms with Gasteiger partial charge in [-0.1, -0.05) is 77.0 Å². The molecular weight excluding hydrogens is 540 g/mol. The van der Waals surface area contributed by atoms with Gasteiger partial charge in [0.2, 0.25) is 5.91 Å². The first-order chi connectivity index (χ1) is 21.0. The number of carbonyl (C=O) groups excluding carboxylic acids is 2. The third-order valence-electron chi connectivity index (χ3n) is 10.9. The van der Waals surface area contributed by atoms with E-state index in [-0.39, 0.29) is 36.1 Å². The van der Waals surface area contributed by atoms with Gasteiger partial charge in [0.15, 0.2) is 0 Å². The molecule has 0 bridgehead atoms. The lowest BCUT2D eigenvalue weighted by atomic mass is 9.88. The van der Waals surface area contributed by atoms with Crippen LogP contribution in [-0.2, 0) is 4.79 Å². The Hall–Kier alpha value is -2.48. The third-order valence-corrected chi connectivity index (χ3v) is 10.9. The highest BCUT2D eigenvalue weighted by Crippen LogP contribution is 2.32. The lowest BCUT2D eigenvalue weighted by Crippen LogP contribution is -2.54. The van der Waals surface area contributed by atoms with E-state index in [2.05, 4.69) is 9.80 Å². The maximum atomic E-state index is 14.3. The van der Waals surface area contributed by atoms with Crippen LogP contribution in [0.1, 0.15) is 139 Å². The Balaban J connectivity index is 1.37. The molecule has 43 heavy (non-hydrogen) atoms. The fourth-order valence-electron chi connectivity index (χ4n) is 8.55. The van der Waals surface area contributed by atoms with Gasteiger partial charge in [-0.25, -0.2) is 0 Å². The van der Waals surface area contributed by atoms with Crippen molar-refractivity contribution in [2.75, 3.05) is 19.6 Å². The van der Waals surface area contributed by atoms with Crippen molar-refractivity contribution in [3.63, 3.8) is 0 Å². The summed E-state index contributed by atoms with van der Waals surface area (Å²) in [6.07, 6.45) is 24.0. The second-order valence-electron chi connectivity index (χ2n) is 13.7. The van der Waals surface area contributed by atoms with Crippen LogP contribution in [0.5, 0.6) is 0 Å². The second-order valence-corrected chi connectivity index (χ2v) is 13.7. The number of nitrogens with zero attached hydrogens (tertiary/aromatic N) is 4. The summed E-state index contributed by atoms with van der Waals surface area (Å²) in [5.74, 6) is -0.0985. The molecule has 0 spiro atoms. The molecule has 0 aliphatic heterocycles. The number of hydrogen-bond acceptors (Lipinski definition) is 5. The molecular formula is C35H54N4O4. The van der Waals surface area contributed by atoms with Crippen molar-refractivity contribution in [3.8, 4) is 0 Å². The number of amides is 2. The molecule has 4 aliphatic carbocycles. The highest BCUT2D eigenvalue weighted by atomic mass is 16.6. The number of benzene rings is 1. The lowest BCUT2D eigenvalue weighted by molar-refractivity contribution is -0.384. The molecule has 4 saturated carbocycles. The number of nitro groups is 1. The Morgan fingerprint density at radius 2 is 1.05 bits per heavy atom. The molecule has 1 aromatic carbocycles. The van der Waals surface area contributed by atoms with Gasteiger partial charge in [0.1, 0.15) is 6.54 Å². The molecule has 0 unspecified atom stereocenters. The van der Waals surface area contributed by atoms with E-state index in [1.165, 1.54) is 115 Å². The smallest absolute Gasteiger partial charge is 0.269 e. The third kappa shape index (κ3) is 8.58. The summed E-state index contributed by atoms with van der Waals surface area (Å²) < 4.78 is 0. The molecule has 0 radical (unpaired) electrons. The van der Waals surface area contributed by atoms with Crippen LogP contribution < -0.4 is 0 Å². The van der Waals surface area contributed by atoms with Crippen LogP contribution in [0.3, 0.4) is 0 Å². The Morgan fingerprint density at radius 3 is 1.47 bits per heavy atom. The van der Waals surface area contributed by atoms with Gasteiger partial charge in [0, 0.05) is 55.0 Å². The predicted octanol–water partition coefficient (Wildman–Crippen LogP) is 7.50. The van der Waals surface area contributed by atoms with Crippen LogP contribution in [0, 0.1) is 10.1 Å². The van der Waals surface area contributed by atoms with Crippen LogP contribution >= 0.6 is 0 Å². The van der Waals surface area contributed by atoms with E-state index < -0.39 is 4.92 Å². The van der Waals surface area contributed by atoms with Crippen LogP contribution in [0.2, 0.25) is 0 Å². The Bertz CT molecular complexity index is 1000. The first-order valence-corrected chi connectivity index (χ1v) is 17.6. The van der Waals surface area contributed by atoms with E-state index in [1.807, 2.05) is 0 Å². The number of carbonyl (C=O) groups is 2. The zero-order chi connectivity index (χ0) is 30.0. The van der Waals surface area contributed by atoms with E-state index in [4.69, 9.17) is 0 Å². The SMILES string of the molecule is O=C(c1ccc([N+](=O)[O-])cc1)N(CCN(C1CCCCC1)C1CCCCC1)CC(=O)N(C1CCCCC1)C1CCCCC1. The summed E-state index contributed by atoms with van der Waals surface area (Å²) in [5, 5.41) is 11.3. The van der Waals surface area contributed by atoms with Crippen LogP contribution in [0.15, 0.2) is 24.3 Å². The molecule has 8 nitrogen and oxygen atoms in total. The lowest BCUT2D eigenvalue weighted by Gasteiger charge is -2.44. The van der Waals surface area contributed by atoms with E-state index >= 15 is 0 Å². The molecule has 238 valence electrons. The minimum absolute atomic E-state index is 0.0271. The molecule has 2 amide bonds. The van der Waals surface area contributed by atoms with Gasteiger partial charge >= 0.3 is 0 Å². The van der Waals surface area contributed by atoms with Crippen molar-refractivity contribution >= 4 is 17.5 Å². The molecule has 4 aliphatic rings. The van der Waals surface area contributed by atoms with Crippen molar-refractivity contribution in [2.45, 2.75) is 153 Å². The summed E-state index contributed by atoms with van der Waals surface area (Å²) in [6, 6.07) is 7.59. The Morgan fingerprint density at radius 1 is 0.628 bits per heavy atom. The van der Waals surface area contributed by atoms with E-state index in [9.17, 15) is 19.7 Å². The van der Waals surface area contributed by atoms with E-state index in [1.54, 1.807) is 17.0 Å². The zero-order valence-corrected chi connectivity index (χ0v) is 26.3.